The molecule has 0 saturated carbocycles. The highest BCUT2D eigenvalue weighted by Crippen LogP contribution is 2.38. The summed E-state index contributed by atoms with van der Waals surface area (Å²) in [6.07, 6.45) is 0.941. The molecule has 0 bridgehead atoms. The Labute approximate surface area is 143 Å². The Morgan fingerprint density at radius 1 is 0.792 bits per heavy atom. The van der Waals surface area contributed by atoms with Crippen molar-refractivity contribution in [1.82, 2.24) is 0 Å². The number of aryl methyl sites for hydroxylation is 2. The largest absolute Gasteiger partial charge is 0.504 e. The summed E-state index contributed by atoms with van der Waals surface area (Å²) in [4.78, 5) is 0. The van der Waals surface area contributed by atoms with Gasteiger partial charge in [0.25, 0.3) is 0 Å². The zero-order chi connectivity index (χ0) is 18.1. The Kier molecular flexibility index (Phi) is 7.75. The maximum absolute atomic E-state index is 9.17. The van der Waals surface area contributed by atoms with Gasteiger partial charge < -0.3 is 24.1 Å². The number of phenols is 1. The molecule has 132 valence electrons. The molecule has 2 aromatic rings. The van der Waals surface area contributed by atoms with Crippen molar-refractivity contribution in [3.63, 3.8) is 0 Å². The predicted octanol–water partition coefficient (Wildman–Crippen LogP) is 3.98. The Bertz CT molecular complexity index is 627. The van der Waals surface area contributed by atoms with Crippen LogP contribution in [0.4, 0.5) is 0 Å². The highest BCUT2D eigenvalue weighted by Gasteiger charge is 2.11. The summed E-state index contributed by atoms with van der Waals surface area (Å²) < 4.78 is 20.5. The maximum Gasteiger partial charge on any atom is 0.203 e. The lowest BCUT2D eigenvalue weighted by molar-refractivity contribution is 0.324. The third-order valence-electron chi connectivity index (χ3n) is 3.47. The van der Waals surface area contributed by atoms with Crippen LogP contribution in [0.1, 0.15) is 18.1 Å². The first-order valence-electron chi connectivity index (χ1n) is 7.63. The molecule has 5 nitrogen and oxygen atoms in total. The van der Waals surface area contributed by atoms with Crippen LogP contribution in [0.25, 0.3) is 0 Å². The van der Waals surface area contributed by atoms with Crippen LogP contribution in [0, 0.1) is 6.92 Å². The molecular formula is C19H26O5. The molecule has 5 heteroatoms. The van der Waals surface area contributed by atoms with Crippen LogP contribution in [0.15, 0.2) is 30.3 Å². The summed E-state index contributed by atoms with van der Waals surface area (Å²) in [5.74, 6) is 2.78. The SMILES string of the molecule is CCc1cc(OC)c(OC)c(OC)c1.COc1ccc(C)cc1O. The molecule has 0 spiro atoms. The van der Waals surface area contributed by atoms with Crippen LogP contribution in [0.3, 0.4) is 0 Å². The summed E-state index contributed by atoms with van der Waals surface area (Å²) in [6.45, 7) is 4.00. The number of ether oxygens (including phenoxy) is 4. The lowest BCUT2D eigenvalue weighted by Crippen LogP contribution is -1.96. The van der Waals surface area contributed by atoms with Gasteiger partial charge in [-0.05, 0) is 48.7 Å². The zero-order valence-electron chi connectivity index (χ0n) is 15.2. The Morgan fingerprint density at radius 2 is 1.33 bits per heavy atom. The van der Waals surface area contributed by atoms with E-state index in [9.17, 15) is 0 Å². The van der Waals surface area contributed by atoms with Gasteiger partial charge in [0, 0.05) is 0 Å². The fourth-order valence-corrected chi connectivity index (χ4v) is 2.14. The van der Waals surface area contributed by atoms with Crippen molar-refractivity contribution in [2.45, 2.75) is 20.3 Å². The second kappa shape index (κ2) is 9.55. The van der Waals surface area contributed by atoms with Crippen LogP contribution in [-0.2, 0) is 6.42 Å². The number of phenolic OH excluding ortho intramolecular Hbond substituents is 1. The monoisotopic (exact) mass is 334 g/mol. The standard InChI is InChI=1S/C11H16O3.C8H10O2/c1-5-8-6-9(12-2)11(14-4)10(7-8)13-3;1-6-3-4-8(10-2)7(9)5-6/h6-7H,5H2,1-4H3;3-5,9H,1-2H3. The lowest BCUT2D eigenvalue weighted by atomic mass is 10.1. The van der Waals surface area contributed by atoms with Gasteiger partial charge in [0.2, 0.25) is 5.75 Å². The van der Waals surface area contributed by atoms with Crippen molar-refractivity contribution in [2.24, 2.45) is 0 Å². The van der Waals surface area contributed by atoms with Gasteiger partial charge in [-0.25, -0.2) is 0 Å². The van der Waals surface area contributed by atoms with Crippen LogP contribution in [0.2, 0.25) is 0 Å². The van der Waals surface area contributed by atoms with Crippen molar-refractivity contribution >= 4 is 0 Å². The first-order chi connectivity index (χ1) is 11.5. The molecule has 1 N–H and O–H groups in total. The number of aromatic hydroxyl groups is 1. The van der Waals surface area contributed by atoms with E-state index in [1.807, 2.05) is 25.1 Å². The van der Waals surface area contributed by atoms with Crippen molar-refractivity contribution < 1.29 is 24.1 Å². The molecule has 0 aliphatic heterocycles. The average molecular weight is 334 g/mol. The molecule has 0 saturated heterocycles. The third kappa shape index (κ3) is 4.98. The minimum absolute atomic E-state index is 0.197. The van der Waals surface area contributed by atoms with Gasteiger partial charge in [-0.2, -0.15) is 0 Å². The number of benzene rings is 2. The molecule has 0 radical (unpaired) electrons. The minimum atomic E-state index is 0.197. The number of methoxy groups -OCH3 is 4. The topological polar surface area (TPSA) is 57.2 Å². The van der Waals surface area contributed by atoms with Gasteiger partial charge in [-0.1, -0.05) is 13.0 Å². The summed E-state index contributed by atoms with van der Waals surface area (Å²) >= 11 is 0. The van der Waals surface area contributed by atoms with Gasteiger partial charge >= 0.3 is 0 Å². The molecule has 2 aromatic carbocycles. The lowest BCUT2D eigenvalue weighted by Gasteiger charge is -2.13. The molecule has 0 amide bonds. The molecule has 0 fully saturated rings. The number of hydrogen-bond donors (Lipinski definition) is 1. The van der Waals surface area contributed by atoms with E-state index < -0.39 is 0 Å². The molecule has 0 aliphatic rings. The van der Waals surface area contributed by atoms with Gasteiger partial charge in [-0.15, -0.1) is 0 Å². The smallest absolute Gasteiger partial charge is 0.203 e. The predicted molar refractivity (Wildman–Crippen MR) is 94.9 cm³/mol. The minimum Gasteiger partial charge on any atom is -0.504 e. The quantitative estimate of drug-likeness (QED) is 0.896. The summed E-state index contributed by atoms with van der Waals surface area (Å²) in [5.41, 5.74) is 2.19. The van der Waals surface area contributed by atoms with Crippen molar-refractivity contribution in [2.75, 3.05) is 28.4 Å². The van der Waals surface area contributed by atoms with Crippen molar-refractivity contribution in [1.29, 1.82) is 0 Å². The highest BCUT2D eigenvalue weighted by atomic mass is 16.5. The molecule has 0 atom stereocenters. The Morgan fingerprint density at radius 3 is 1.71 bits per heavy atom. The van der Waals surface area contributed by atoms with E-state index in [1.54, 1.807) is 33.5 Å². The van der Waals surface area contributed by atoms with E-state index in [-0.39, 0.29) is 5.75 Å². The molecule has 0 aromatic heterocycles. The van der Waals surface area contributed by atoms with E-state index in [0.29, 0.717) is 23.0 Å². The fourth-order valence-electron chi connectivity index (χ4n) is 2.14. The molecule has 0 aliphatic carbocycles. The van der Waals surface area contributed by atoms with Crippen molar-refractivity contribution in [3.05, 3.63) is 41.5 Å². The first-order valence-corrected chi connectivity index (χ1v) is 7.63. The highest BCUT2D eigenvalue weighted by molar-refractivity contribution is 5.53. The Balaban J connectivity index is 0.000000254. The van der Waals surface area contributed by atoms with Crippen LogP contribution >= 0.6 is 0 Å². The van der Waals surface area contributed by atoms with Gasteiger partial charge in [0.15, 0.2) is 23.0 Å². The first kappa shape index (κ1) is 19.5. The van der Waals surface area contributed by atoms with Crippen LogP contribution < -0.4 is 18.9 Å². The van der Waals surface area contributed by atoms with Gasteiger partial charge in [-0.3, -0.25) is 0 Å². The van der Waals surface area contributed by atoms with E-state index in [0.717, 1.165) is 12.0 Å². The molecule has 0 unspecified atom stereocenters. The van der Waals surface area contributed by atoms with E-state index in [4.69, 9.17) is 24.1 Å². The second-order valence-corrected chi connectivity index (χ2v) is 5.06. The molecule has 0 heterocycles. The normalized spacial score (nSPS) is 9.58. The fraction of sp³-hybridized carbons (Fsp3) is 0.368. The van der Waals surface area contributed by atoms with Crippen molar-refractivity contribution in [3.8, 4) is 28.7 Å². The van der Waals surface area contributed by atoms with E-state index >= 15 is 0 Å². The van der Waals surface area contributed by atoms with E-state index in [2.05, 4.69) is 6.92 Å². The van der Waals surface area contributed by atoms with Gasteiger partial charge in [0.1, 0.15) is 0 Å². The van der Waals surface area contributed by atoms with Gasteiger partial charge in [0.05, 0.1) is 28.4 Å². The maximum atomic E-state index is 9.17. The van der Waals surface area contributed by atoms with E-state index in [1.165, 1.54) is 12.7 Å². The Hall–Kier alpha value is -2.56. The summed E-state index contributed by atoms with van der Waals surface area (Å²) in [7, 11) is 6.38. The summed E-state index contributed by atoms with van der Waals surface area (Å²) in [6, 6.07) is 9.21. The third-order valence-corrected chi connectivity index (χ3v) is 3.47. The number of rotatable bonds is 5. The summed E-state index contributed by atoms with van der Waals surface area (Å²) in [5, 5.41) is 9.17. The molecular weight excluding hydrogens is 308 g/mol. The second-order valence-electron chi connectivity index (χ2n) is 5.06. The average Bonchev–Trinajstić information content (AvgIpc) is 2.60. The molecule has 2 rings (SSSR count). The molecule has 24 heavy (non-hydrogen) atoms. The zero-order valence-corrected chi connectivity index (χ0v) is 15.2. The number of hydrogen-bond acceptors (Lipinski definition) is 5. The van der Waals surface area contributed by atoms with Crippen LogP contribution in [0.5, 0.6) is 28.7 Å². The van der Waals surface area contributed by atoms with Crippen LogP contribution in [-0.4, -0.2) is 33.5 Å².